The highest BCUT2D eigenvalue weighted by atomic mass is 79.9. The maximum atomic E-state index is 12.1. The van der Waals surface area contributed by atoms with E-state index in [2.05, 4.69) is 15.9 Å². The molecule has 1 unspecified atom stereocenters. The Labute approximate surface area is 104 Å². The zero-order valence-corrected chi connectivity index (χ0v) is 10.7. The molecule has 0 aliphatic carbocycles. The fraction of sp³-hybridized carbons (Fsp3) is 0.417. The molecule has 0 spiro atoms. The average molecular weight is 284 g/mol. The first-order valence-corrected chi connectivity index (χ1v) is 6.08. The van der Waals surface area contributed by atoms with Crippen molar-refractivity contribution in [1.29, 1.82) is 0 Å². The van der Waals surface area contributed by atoms with E-state index in [9.17, 15) is 4.79 Å². The Bertz CT molecular complexity index is 371. The highest BCUT2D eigenvalue weighted by Crippen LogP contribution is 2.16. The summed E-state index contributed by atoms with van der Waals surface area (Å²) in [6.45, 7) is 1.40. The SMILES string of the molecule is CN(C(=O)c1ccc(Br)cc1)C1CCOC1. The van der Waals surface area contributed by atoms with Crippen molar-refractivity contribution >= 4 is 21.8 Å². The molecule has 0 radical (unpaired) electrons. The van der Waals surface area contributed by atoms with Gasteiger partial charge in [-0.25, -0.2) is 0 Å². The van der Waals surface area contributed by atoms with E-state index >= 15 is 0 Å². The Morgan fingerprint density at radius 1 is 1.44 bits per heavy atom. The summed E-state index contributed by atoms with van der Waals surface area (Å²) in [5.41, 5.74) is 0.720. The van der Waals surface area contributed by atoms with E-state index in [1.807, 2.05) is 31.3 Å². The molecule has 1 aliphatic heterocycles. The van der Waals surface area contributed by atoms with Crippen molar-refractivity contribution in [3.05, 3.63) is 34.3 Å². The summed E-state index contributed by atoms with van der Waals surface area (Å²) in [6.07, 6.45) is 0.929. The number of benzene rings is 1. The topological polar surface area (TPSA) is 29.5 Å². The third-order valence-electron chi connectivity index (χ3n) is 2.86. The lowest BCUT2D eigenvalue weighted by atomic mass is 10.1. The molecule has 1 aromatic carbocycles. The van der Waals surface area contributed by atoms with Crippen molar-refractivity contribution in [2.75, 3.05) is 20.3 Å². The molecule has 1 atom stereocenters. The van der Waals surface area contributed by atoms with Crippen LogP contribution in [0.25, 0.3) is 0 Å². The van der Waals surface area contributed by atoms with E-state index in [0.29, 0.717) is 6.61 Å². The second-order valence-corrected chi connectivity index (χ2v) is 4.86. The van der Waals surface area contributed by atoms with Crippen molar-refractivity contribution < 1.29 is 9.53 Å². The largest absolute Gasteiger partial charge is 0.379 e. The number of carbonyl (C=O) groups excluding carboxylic acids is 1. The van der Waals surface area contributed by atoms with Crippen LogP contribution in [0, 0.1) is 0 Å². The van der Waals surface area contributed by atoms with Crippen molar-refractivity contribution in [1.82, 2.24) is 4.90 Å². The summed E-state index contributed by atoms with van der Waals surface area (Å²) >= 11 is 3.35. The molecule has 1 amide bonds. The molecule has 0 saturated carbocycles. The first-order chi connectivity index (χ1) is 7.68. The molecule has 4 heteroatoms. The first kappa shape index (κ1) is 11.6. The number of ether oxygens (including phenoxy) is 1. The Kier molecular flexibility index (Phi) is 3.61. The molecule has 0 aromatic heterocycles. The average Bonchev–Trinajstić information content (AvgIpc) is 2.81. The summed E-state index contributed by atoms with van der Waals surface area (Å²) in [5.74, 6) is 0.0583. The summed E-state index contributed by atoms with van der Waals surface area (Å²) in [4.78, 5) is 13.9. The molecule has 1 fully saturated rings. The van der Waals surface area contributed by atoms with Gasteiger partial charge in [0.15, 0.2) is 0 Å². The third-order valence-corrected chi connectivity index (χ3v) is 3.39. The molecule has 86 valence electrons. The lowest BCUT2D eigenvalue weighted by Crippen LogP contribution is -2.37. The lowest BCUT2D eigenvalue weighted by molar-refractivity contribution is 0.0711. The molecular weight excluding hydrogens is 270 g/mol. The molecule has 3 nitrogen and oxygen atoms in total. The maximum absolute atomic E-state index is 12.1. The van der Waals surface area contributed by atoms with E-state index in [1.54, 1.807) is 4.90 Å². The Balaban J connectivity index is 2.08. The van der Waals surface area contributed by atoms with Crippen molar-refractivity contribution in [3.63, 3.8) is 0 Å². The van der Waals surface area contributed by atoms with Gasteiger partial charge in [0.1, 0.15) is 0 Å². The van der Waals surface area contributed by atoms with Gasteiger partial charge < -0.3 is 9.64 Å². The second kappa shape index (κ2) is 4.97. The normalized spacial score (nSPS) is 19.8. The molecule has 2 rings (SSSR count). The van der Waals surface area contributed by atoms with Gasteiger partial charge in [0.25, 0.3) is 5.91 Å². The predicted octanol–water partition coefficient (Wildman–Crippen LogP) is 2.31. The number of likely N-dealkylation sites (N-methyl/N-ethyl adjacent to an activating group) is 1. The van der Waals surface area contributed by atoms with Crippen LogP contribution in [0.1, 0.15) is 16.8 Å². The summed E-state index contributed by atoms with van der Waals surface area (Å²) in [6, 6.07) is 7.65. The highest BCUT2D eigenvalue weighted by molar-refractivity contribution is 9.10. The number of halogens is 1. The van der Waals surface area contributed by atoms with Crippen LogP contribution < -0.4 is 0 Å². The smallest absolute Gasteiger partial charge is 0.253 e. The summed E-state index contributed by atoms with van der Waals surface area (Å²) in [7, 11) is 1.84. The molecule has 1 saturated heterocycles. The predicted molar refractivity (Wildman–Crippen MR) is 65.5 cm³/mol. The van der Waals surface area contributed by atoms with Crippen molar-refractivity contribution in [2.45, 2.75) is 12.5 Å². The number of carbonyl (C=O) groups is 1. The van der Waals surface area contributed by atoms with Crippen LogP contribution in [0.15, 0.2) is 28.7 Å². The van der Waals surface area contributed by atoms with Crippen LogP contribution in [-0.2, 0) is 4.74 Å². The zero-order valence-electron chi connectivity index (χ0n) is 9.15. The fourth-order valence-corrected chi connectivity index (χ4v) is 2.05. The standard InChI is InChI=1S/C12H14BrNO2/c1-14(11-6-7-16-8-11)12(15)9-2-4-10(13)5-3-9/h2-5,11H,6-8H2,1H3. The molecule has 0 bridgehead atoms. The van der Waals surface area contributed by atoms with Gasteiger partial charge >= 0.3 is 0 Å². The van der Waals surface area contributed by atoms with E-state index in [0.717, 1.165) is 23.1 Å². The van der Waals surface area contributed by atoms with Gasteiger partial charge in [-0.3, -0.25) is 4.79 Å². The Hall–Kier alpha value is -0.870. The summed E-state index contributed by atoms with van der Waals surface area (Å²) in [5, 5.41) is 0. The summed E-state index contributed by atoms with van der Waals surface area (Å²) < 4.78 is 6.26. The quantitative estimate of drug-likeness (QED) is 0.834. The minimum atomic E-state index is 0.0583. The number of hydrogen-bond acceptors (Lipinski definition) is 2. The minimum absolute atomic E-state index is 0.0583. The second-order valence-electron chi connectivity index (χ2n) is 3.94. The maximum Gasteiger partial charge on any atom is 0.253 e. The first-order valence-electron chi connectivity index (χ1n) is 5.29. The minimum Gasteiger partial charge on any atom is -0.379 e. The van der Waals surface area contributed by atoms with Crippen LogP contribution in [-0.4, -0.2) is 37.1 Å². The number of nitrogens with zero attached hydrogens (tertiary/aromatic N) is 1. The number of rotatable bonds is 2. The van der Waals surface area contributed by atoms with Crippen LogP contribution in [0.2, 0.25) is 0 Å². The van der Waals surface area contributed by atoms with Gasteiger partial charge in [-0.1, -0.05) is 15.9 Å². The third kappa shape index (κ3) is 2.44. The van der Waals surface area contributed by atoms with Gasteiger partial charge in [-0.05, 0) is 30.7 Å². The van der Waals surface area contributed by atoms with Crippen molar-refractivity contribution in [3.8, 4) is 0 Å². The Morgan fingerprint density at radius 3 is 2.69 bits per heavy atom. The molecule has 1 heterocycles. The fourth-order valence-electron chi connectivity index (χ4n) is 1.79. The van der Waals surface area contributed by atoms with Gasteiger partial charge in [0, 0.05) is 23.7 Å². The molecular formula is C12H14BrNO2. The van der Waals surface area contributed by atoms with E-state index in [4.69, 9.17) is 4.74 Å². The molecule has 0 N–H and O–H groups in total. The molecule has 1 aliphatic rings. The van der Waals surface area contributed by atoms with Gasteiger partial charge in [-0.15, -0.1) is 0 Å². The van der Waals surface area contributed by atoms with Crippen LogP contribution >= 0.6 is 15.9 Å². The van der Waals surface area contributed by atoms with Gasteiger partial charge in [0.2, 0.25) is 0 Å². The van der Waals surface area contributed by atoms with E-state index < -0.39 is 0 Å². The number of hydrogen-bond donors (Lipinski definition) is 0. The Morgan fingerprint density at radius 2 is 2.12 bits per heavy atom. The van der Waals surface area contributed by atoms with E-state index in [-0.39, 0.29) is 11.9 Å². The van der Waals surface area contributed by atoms with Gasteiger partial charge in [-0.2, -0.15) is 0 Å². The zero-order chi connectivity index (χ0) is 11.5. The van der Waals surface area contributed by atoms with Crippen molar-refractivity contribution in [2.24, 2.45) is 0 Å². The lowest BCUT2D eigenvalue weighted by Gasteiger charge is -2.23. The van der Waals surface area contributed by atoms with Crippen LogP contribution in [0.3, 0.4) is 0 Å². The van der Waals surface area contributed by atoms with Gasteiger partial charge in [0.05, 0.1) is 12.6 Å². The van der Waals surface area contributed by atoms with E-state index in [1.165, 1.54) is 0 Å². The molecule has 1 aromatic rings. The van der Waals surface area contributed by atoms with Crippen LogP contribution in [0.5, 0.6) is 0 Å². The highest BCUT2D eigenvalue weighted by Gasteiger charge is 2.24. The van der Waals surface area contributed by atoms with Crippen LogP contribution in [0.4, 0.5) is 0 Å². The monoisotopic (exact) mass is 283 g/mol. The molecule has 16 heavy (non-hydrogen) atoms. The number of amides is 1.